The molecule has 0 atom stereocenters. The van der Waals surface area contributed by atoms with Crippen molar-refractivity contribution in [3.05, 3.63) is 46.4 Å². The molecule has 1 aromatic heterocycles. The molecule has 0 spiro atoms. The zero-order valence-corrected chi connectivity index (χ0v) is 11.0. The molecule has 0 aliphatic carbocycles. The average Bonchev–Trinajstić information content (AvgIpc) is 2.66. The molecule has 94 valence electrons. The third-order valence-corrected chi connectivity index (χ3v) is 3.97. The zero-order chi connectivity index (χ0) is 12.5. The van der Waals surface area contributed by atoms with Crippen molar-refractivity contribution in [2.24, 2.45) is 0 Å². The molecular formula is C14H16N2OS. The maximum atomic E-state index is 10.3. The van der Waals surface area contributed by atoms with Gasteiger partial charge in [-0.2, -0.15) is 0 Å². The molecule has 1 aliphatic heterocycles. The van der Waals surface area contributed by atoms with Gasteiger partial charge in [0.25, 0.3) is 0 Å². The van der Waals surface area contributed by atoms with E-state index in [9.17, 15) is 5.11 Å². The summed E-state index contributed by atoms with van der Waals surface area (Å²) in [6.07, 6.45) is 3.21. The molecule has 0 radical (unpaired) electrons. The van der Waals surface area contributed by atoms with Crippen LogP contribution in [0.4, 0.5) is 0 Å². The highest BCUT2D eigenvalue weighted by Crippen LogP contribution is 2.27. The van der Waals surface area contributed by atoms with Crippen LogP contribution in [0.3, 0.4) is 0 Å². The predicted octanol–water partition coefficient (Wildman–Crippen LogP) is 3.11. The Morgan fingerprint density at radius 2 is 1.94 bits per heavy atom. The van der Waals surface area contributed by atoms with Crippen molar-refractivity contribution < 1.29 is 5.11 Å². The molecule has 0 fully saturated rings. The van der Waals surface area contributed by atoms with Crippen molar-refractivity contribution in [1.82, 2.24) is 9.13 Å². The molecule has 1 aromatic carbocycles. The quantitative estimate of drug-likeness (QED) is 0.841. The Morgan fingerprint density at radius 3 is 2.67 bits per heavy atom. The molecule has 0 amide bonds. The van der Waals surface area contributed by atoms with Gasteiger partial charge in [-0.15, -0.1) is 0 Å². The normalized spacial score (nSPS) is 14.4. The van der Waals surface area contributed by atoms with Crippen molar-refractivity contribution in [2.75, 3.05) is 0 Å². The van der Waals surface area contributed by atoms with E-state index in [1.54, 1.807) is 0 Å². The van der Waals surface area contributed by atoms with E-state index in [1.165, 1.54) is 0 Å². The van der Waals surface area contributed by atoms with E-state index < -0.39 is 0 Å². The van der Waals surface area contributed by atoms with Gasteiger partial charge in [0.15, 0.2) is 4.77 Å². The molecule has 0 saturated heterocycles. The third kappa shape index (κ3) is 1.86. The van der Waals surface area contributed by atoms with Crippen LogP contribution in [0.5, 0.6) is 5.88 Å². The van der Waals surface area contributed by atoms with Gasteiger partial charge >= 0.3 is 0 Å². The number of imidazole rings is 1. The molecule has 0 unspecified atom stereocenters. The van der Waals surface area contributed by atoms with E-state index in [2.05, 4.69) is 16.7 Å². The second-order valence-electron chi connectivity index (χ2n) is 4.73. The summed E-state index contributed by atoms with van der Waals surface area (Å²) >= 11 is 5.46. The third-order valence-electron chi connectivity index (χ3n) is 3.53. The largest absolute Gasteiger partial charge is 0.493 e. The molecule has 18 heavy (non-hydrogen) atoms. The van der Waals surface area contributed by atoms with Crippen LogP contribution in [-0.2, 0) is 19.5 Å². The highest BCUT2D eigenvalue weighted by molar-refractivity contribution is 7.71. The number of benzene rings is 1. The lowest BCUT2D eigenvalue weighted by atomic mass is 10.1. The van der Waals surface area contributed by atoms with Crippen LogP contribution >= 0.6 is 12.2 Å². The summed E-state index contributed by atoms with van der Waals surface area (Å²) in [5.41, 5.74) is 2.16. The van der Waals surface area contributed by atoms with Crippen molar-refractivity contribution in [3.8, 4) is 5.88 Å². The van der Waals surface area contributed by atoms with Gasteiger partial charge in [-0.05, 0) is 37.0 Å². The lowest BCUT2D eigenvalue weighted by molar-refractivity contribution is 0.412. The summed E-state index contributed by atoms with van der Waals surface area (Å²) in [5.74, 6) is 0.351. The molecule has 0 bridgehead atoms. The van der Waals surface area contributed by atoms with Crippen LogP contribution in [0.2, 0.25) is 0 Å². The number of aromatic nitrogens is 2. The fraction of sp³-hybridized carbons (Fsp3) is 0.357. The predicted molar refractivity (Wildman–Crippen MR) is 73.4 cm³/mol. The first-order valence-corrected chi connectivity index (χ1v) is 6.73. The highest BCUT2D eigenvalue weighted by Gasteiger charge is 2.19. The number of aromatic hydroxyl groups is 1. The molecule has 1 N–H and O–H groups in total. The molecular weight excluding hydrogens is 244 g/mol. The number of hydrogen-bond acceptors (Lipinski definition) is 2. The second-order valence-corrected chi connectivity index (χ2v) is 5.10. The Bertz CT molecular complexity index is 613. The van der Waals surface area contributed by atoms with Crippen LogP contribution in [0, 0.1) is 4.77 Å². The van der Waals surface area contributed by atoms with E-state index >= 15 is 0 Å². The first kappa shape index (κ1) is 11.5. The van der Waals surface area contributed by atoms with Gasteiger partial charge < -0.3 is 9.67 Å². The smallest absolute Gasteiger partial charge is 0.213 e. The molecule has 1 aliphatic rings. The summed E-state index contributed by atoms with van der Waals surface area (Å²) in [4.78, 5) is 0. The van der Waals surface area contributed by atoms with Gasteiger partial charge in [-0.1, -0.05) is 30.3 Å². The van der Waals surface area contributed by atoms with Gasteiger partial charge in [0.1, 0.15) is 0 Å². The lowest BCUT2D eigenvalue weighted by Gasteiger charge is -2.12. The fourth-order valence-corrected chi connectivity index (χ4v) is 2.93. The van der Waals surface area contributed by atoms with Gasteiger partial charge in [-0.3, -0.25) is 4.57 Å². The van der Waals surface area contributed by atoms with Crippen LogP contribution in [0.25, 0.3) is 0 Å². The Balaban J connectivity index is 2.03. The van der Waals surface area contributed by atoms with E-state index in [0.29, 0.717) is 12.4 Å². The molecule has 3 nitrogen and oxygen atoms in total. The Labute approximate surface area is 111 Å². The number of rotatable bonds is 2. The molecule has 4 heteroatoms. The topological polar surface area (TPSA) is 30.1 Å². The van der Waals surface area contributed by atoms with Crippen LogP contribution < -0.4 is 0 Å². The minimum Gasteiger partial charge on any atom is -0.493 e. The monoisotopic (exact) mass is 260 g/mol. The summed E-state index contributed by atoms with van der Waals surface area (Å²) in [5, 5.41) is 10.3. The number of hydrogen-bond donors (Lipinski definition) is 1. The maximum absolute atomic E-state index is 10.3. The van der Waals surface area contributed by atoms with Gasteiger partial charge in [-0.25, -0.2) is 0 Å². The van der Waals surface area contributed by atoms with Gasteiger partial charge in [0.2, 0.25) is 5.88 Å². The van der Waals surface area contributed by atoms with Crippen molar-refractivity contribution >= 4 is 12.2 Å². The molecule has 0 saturated carbocycles. The van der Waals surface area contributed by atoms with Crippen molar-refractivity contribution in [3.63, 3.8) is 0 Å². The lowest BCUT2D eigenvalue weighted by Crippen LogP contribution is -2.09. The van der Waals surface area contributed by atoms with Crippen LogP contribution in [-0.4, -0.2) is 14.2 Å². The second kappa shape index (κ2) is 4.61. The minimum atomic E-state index is 0.351. The molecule has 3 rings (SSSR count). The fourth-order valence-electron chi connectivity index (χ4n) is 2.58. The number of nitrogens with zero attached hydrogens (tertiary/aromatic N) is 2. The summed E-state index contributed by atoms with van der Waals surface area (Å²) in [6, 6.07) is 10.1. The average molecular weight is 260 g/mol. The first-order chi connectivity index (χ1) is 8.77. The zero-order valence-electron chi connectivity index (χ0n) is 10.2. The Hall–Kier alpha value is -1.55. The van der Waals surface area contributed by atoms with Crippen LogP contribution in [0.15, 0.2) is 30.3 Å². The first-order valence-electron chi connectivity index (χ1n) is 6.32. The highest BCUT2D eigenvalue weighted by atomic mass is 32.1. The van der Waals surface area contributed by atoms with Gasteiger partial charge in [0, 0.05) is 6.54 Å². The molecule has 2 heterocycles. The minimum absolute atomic E-state index is 0.351. The van der Waals surface area contributed by atoms with E-state index in [0.717, 1.165) is 41.8 Å². The van der Waals surface area contributed by atoms with E-state index in [-0.39, 0.29) is 0 Å². The van der Waals surface area contributed by atoms with Crippen molar-refractivity contribution in [2.45, 2.75) is 32.4 Å². The Kier molecular flexibility index (Phi) is 2.96. The Morgan fingerprint density at radius 1 is 1.17 bits per heavy atom. The molecule has 2 aromatic rings. The van der Waals surface area contributed by atoms with Crippen molar-refractivity contribution in [1.29, 1.82) is 0 Å². The SMILES string of the molecule is Oc1c2n(c(=S)n1Cc1ccccc1)CCCC2. The summed E-state index contributed by atoms with van der Waals surface area (Å²) < 4.78 is 4.66. The van der Waals surface area contributed by atoms with E-state index in [1.807, 2.05) is 22.8 Å². The van der Waals surface area contributed by atoms with Crippen LogP contribution in [0.1, 0.15) is 24.1 Å². The summed E-state index contributed by atoms with van der Waals surface area (Å²) in [6.45, 7) is 1.58. The number of fused-ring (bicyclic) bond motifs is 1. The standard InChI is InChI=1S/C14H16N2OS/c17-13-12-8-4-5-9-15(12)14(18)16(13)10-11-6-2-1-3-7-11/h1-3,6-7,17H,4-5,8-10H2. The maximum Gasteiger partial charge on any atom is 0.213 e. The van der Waals surface area contributed by atoms with E-state index in [4.69, 9.17) is 12.2 Å². The summed E-state index contributed by atoms with van der Waals surface area (Å²) in [7, 11) is 0. The van der Waals surface area contributed by atoms with Gasteiger partial charge in [0.05, 0.1) is 12.2 Å².